The van der Waals surface area contributed by atoms with Crippen molar-refractivity contribution in [3.63, 3.8) is 0 Å². The Balaban J connectivity index is 2.64. The normalized spacial score (nSPS) is 13.5. The largest absolute Gasteiger partial charge is 0.428 e. The lowest BCUT2D eigenvalue weighted by molar-refractivity contribution is -0.115. The molecule has 0 aliphatic rings. The van der Waals surface area contributed by atoms with Gasteiger partial charge < -0.3 is 4.42 Å². The molecular formula is C12H19BrN2O2. The Morgan fingerprint density at radius 1 is 1.59 bits per heavy atom. The first-order chi connectivity index (χ1) is 7.84. The monoisotopic (exact) mass is 302 g/mol. The fourth-order valence-corrected chi connectivity index (χ4v) is 1.82. The number of aromatic nitrogens is 1. The standard InChI is InChI=1S/C12H19BrN2O2/c1-5-6-8(13)10(16)15-11-14-7-9(17-11)12(2,3)4/h7-8H,5-6H2,1-4H3,(H,14,15,16)/t8-/m1/s1. The average Bonchev–Trinajstić information content (AvgIpc) is 2.66. The molecule has 1 amide bonds. The minimum atomic E-state index is -0.197. The van der Waals surface area contributed by atoms with Gasteiger partial charge in [0.15, 0.2) is 0 Å². The van der Waals surface area contributed by atoms with E-state index in [0.717, 1.165) is 18.6 Å². The van der Waals surface area contributed by atoms with Gasteiger partial charge in [-0.15, -0.1) is 0 Å². The topological polar surface area (TPSA) is 55.1 Å². The van der Waals surface area contributed by atoms with E-state index in [-0.39, 0.29) is 22.2 Å². The van der Waals surface area contributed by atoms with Gasteiger partial charge in [-0.2, -0.15) is 0 Å². The van der Waals surface area contributed by atoms with Crippen molar-refractivity contribution in [2.75, 3.05) is 5.32 Å². The van der Waals surface area contributed by atoms with Crippen molar-refractivity contribution < 1.29 is 9.21 Å². The summed E-state index contributed by atoms with van der Waals surface area (Å²) >= 11 is 3.33. The van der Waals surface area contributed by atoms with E-state index in [0.29, 0.717) is 0 Å². The van der Waals surface area contributed by atoms with Gasteiger partial charge in [0.1, 0.15) is 5.76 Å². The Labute approximate surface area is 110 Å². The molecular weight excluding hydrogens is 284 g/mol. The van der Waals surface area contributed by atoms with Crippen molar-refractivity contribution in [2.24, 2.45) is 0 Å². The van der Waals surface area contributed by atoms with Crippen molar-refractivity contribution in [1.82, 2.24) is 4.98 Å². The third-order valence-corrected chi connectivity index (χ3v) is 3.18. The highest BCUT2D eigenvalue weighted by Gasteiger charge is 2.21. The average molecular weight is 303 g/mol. The molecule has 1 rings (SSSR count). The molecule has 5 heteroatoms. The highest BCUT2D eigenvalue weighted by atomic mass is 79.9. The van der Waals surface area contributed by atoms with E-state index in [2.05, 4.69) is 26.2 Å². The number of oxazole rings is 1. The van der Waals surface area contributed by atoms with Crippen LogP contribution < -0.4 is 5.32 Å². The lowest BCUT2D eigenvalue weighted by Gasteiger charge is -2.13. The van der Waals surface area contributed by atoms with E-state index in [1.165, 1.54) is 0 Å². The molecule has 0 saturated carbocycles. The van der Waals surface area contributed by atoms with Gasteiger partial charge in [-0.3, -0.25) is 10.1 Å². The molecule has 4 nitrogen and oxygen atoms in total. The molecule has 1 aromatic heterocycles. The van der Waals surface area contributed by atoms with Crippen molar-refractivity contribution >= 4 is 27.9 Å². The Morgan fingerprint density at radius 2 is 2.24 bits per heavy atom. The summed E-state index contributed by atoms with van der Waals surface area (Å²) in [6.07, 6.45) is 3.39. The molecule has 0 fully saturated rings. The van der Waals surface area contributed by atoms with Crippen molar-refractivity contribution in [3.8, 4) is 0 Å². The van der Waals surface area contributed by atoms with E-state index in [4.69, 9.17) is 4.42 Å². The van der Waals surface area contributed by atoms with Crippen LogP contribution in [0.25, 0.3) is 0 Å². The summed E-state index contributed by atoms with van der Waals surface area (Å²) in [4.78, 5) is 15.6. The summed E-state index contributed by atoms with van der Waals surface area (Å²) in [6, 6.07) is 0.264. The molecule has 1 N–H and O–H groups in total. The molecule has 0 radical (unpaired) electrons. The minimum Gasteiger partial charge on any atom is -0.428 e. The number of carbonyl (C=O) groups is 1. The van der Waals surface area contributed by atoms with Crippen LogP contribution in [0.4, 0.5) is 6.01 Å². The predicted octanol–water partition coefficient (Wildman–Crippen LogP) is 3.47. The fourth-order valence-electron chi connectivity index (χ4n) is 1.25. The van der Waals surface area contributed by atoms with E-state index in [1.54, 1.807) is 6.20 Å². The number of carbonyl (C=O) groups excluding carboxylic acids is 1. The molecule has 0 saturated heterocycles. The molecule has 1 atom stereocenters. The summed E-state index contributed by atoms with van der Waals surface area (Å²) in [7, 11) is 0. The maximum Gasteiger partial charge on any atom is 0.301 e. The second-order valence-electron chi connectivity index (χ2n) is 5.03. The SMILES string of the molecule is CCC[C@@H](Br)C(=O)Nc1ncc(C(C)(C)C)o1. The van der Waals surface area contributed by atoms with Gasteiger partial charge >= 0.3 is 6.01 Å². The molecule has 0 aliphatic heterocycles. The summed E-state index contributed by atoms with van der Waals surface area (Å²) in [6.45, 7) is 8.13. The van der Waals surface area contributed by atoms with E-state index < -0.39 is 0 Å². The Bertz CT molecular complexity index is 382. The van der Waals surface area contributed by atoms with Gasteiger partial charge in [0, 0.05) is 5.41 Å². The number of hydrogen-bond acceptors (Lipinski definition) is 3. The van der Waals surface area contributed by atoms with E-state index >= 15 is 0 Å². The maximum absolute atomic E-state index is 11.7. The van der Waals surface area contributed by atoms with Crippen molar-refractivity contribution in [2.45, 2.75) is 50.8 Å². The summed E-state index contributed by atoms with van der Waals surface area (Å²) in [5.41, 5.74) is -0.104. The van der Waals surface area contributed by atoms with Crippen molar-refractivity contribution in [3.05, 3.63) is 12.0 Å². The number of alkyl halides is 1. The number of amides is 1. The fraction of sp³-hybridized carbons (Fsp3) is 0.667. The zero-order valence-corrected chi connectivity index (χ0v) is 12.3. The molecule has 0 unspecified atom stereocenters. The lowest BCUT2D eigenvalue weighted by atomic mass is 9.94. The molecule has 1 aromatic rings. The molecule has 17 heavy (non-hydrogen) atoms. The molecule has 1 heterocycles. The number of nitrogens with zero attached hydrogens (tertiary/aromatic N) is 1. The second kappa shape index (κ2) is 5.67. The highest BCUT2D eigenvalue weighted by molar-refractivity contribution is 9.10. The van der Waals surface area contributed by atoms with Crippen LogP contribution >= 0.6 is 15.9 Å². The number of hydrogen-bond donors (Lipinski definition) is 1. The van der Waals surface area contributed by atoms with Crippen LogP contribution in [0.15, 0.2) is 10.6 Å². The van der Waals surface area contributed by atoms with Crippen LogP contribution in [0.5, 0.6) is 0 Å². The van der Waals surface area contributed by atoms with Crippen LogP contribution in [-0.4, -0.2) is 15.7 Å². The summed E-state index contributed by atoms with van der Waals surface area (Å²) in [5, 5.41) is 2.66. The molecule has 0 aliphatic carbocycles. The highest BCUT2D eigenvalue weighted by Crippen LogP contribution is 2.24. The zero-order chi connectivity index (χ0) is 13.1. The quantitative estimate of drug-likeness (QED) is 0.866. The lowest BCUT2D eigenvalue weighted by Crippen LogP contribution is -2.22. The third-order valence-electron chi connectivity index (χ3n) is 2.30. The van der Waals surface area contributed by atoms with Gasteiger partial charge in [0.05, 0.1) is 11.0 Å². The zero-order valence-electron chi connectivity index (χ0n) is 10.7. The summed E-state index contributed by atoms with van der Waals surface area (Å²) < 4.78 is 5.48. The van der Waals surface area contributed by atoms with Gasteiger partial charge in [-0.25, -0.2) is 4.98 Å². The van der Waals surface area contributed by atoms with Gasteiger partial charge in [0.2, 0.25) is 5.91 Å². The van der Waals surface area contributed by atoms with Crippen LogP contribution in [-0.2, 0) is 10.2 Å². The molecule has 0 aromatic carbocycles. The van der Waals surface area contributed by atoms with Crippen LogP contribution in [0, 0.1) is 0 Å². The molecule has 0 bridgehead atoms. The van der Waals surface area contributed by atoms with Gasteiger partial charge in [-0.05, 0) is 6.42 Å². The first-order valence-corrected chi connectivity index (χ1v) is 6.67. The van der Waals surface area contributed by atoms with E-state index in [9.17, 15) is 4.79 Å². The number of nitrogens with one attached hydrogen (secondary N) is 1. The van der Waals surface area contributed by atoms with Gasteiger partial charge in [-0.1, -0.05) is 50.0 Å². The first-order valence-electron chi connectivity index (χ1n) is 5.76. The Morgan fingerprint density at radius 3 is 2.71 bits per heavy atom. The second-order valence-corrected chi connectivity index (χ2v) is 6.13. The van der Waals surface area contributed by atoms with Crippen LogP contribution in [0.1, 0.15) is 46.3 Å². The molecule has 0 spiro atoms. The number of rotatable bonds is 4. The van der Waals surface area contributed by atoms with E-state index in [1.807, 2.05) is 27.7 Å². The predicted molar refractivity (Wildman–Crippen MR) is 71.5 cm³/mol. The van der Waals surface area contributed by atoms with Crippen LogP contribution in [0.3, 0.4) is 0 Å². The first kappa shape index (κ1) is 14.2. The number of halogens is 1. The number of anilines is 1. The summed E-state index contributed by atoms with van der Waals surface area (Å²) in [5.74, 6) is 0.642. The van der Waals surface area contributed by atoms with Crippen LogP contribution in [0.2, 0.25) is 0 Å². The minimum absolute atomic E-state index is 0.104. The Kier molecular flexibility index (Phi) is 4.74. The smallest absolute Gasteiger partial charge is 0.301 e. The third kappa shape index (κ3) is 4.15. The van der Waals surface area contributed by atoms with Gasteiger partial charge in [0.25, 0.3) is 0 Å². The van der Waals surface area contributed by atoms with Crippen molar-refractivity contribution in [1.29, 1.82) is 0 Å². The Hall–Kier alpha value is -0.840. The molecule has 96 valence electrons. The maximum atomic E-state index is 11.7.